The van der Waals surface area contributed by atoms with Crippen molar-refractivity contribution in [1.29, 1.82) is 0 Å². The maximum absolute atomic E-state index is 13.3. The highest BCUT2D eigenvalue weighted by Gasteiger charge is 2.66. The van der Waals surface area contributed by atoms with Crippen molar-refractivity contribution in [2.45, 2.75) is 155 Å². The van der Waals surface area contributed by atoms with Crippen molar-refractivity contribution < 1.29 is 101 Å². The van der Waals surface area contributed by atoms with Crippen molar-refractivity contribution in [2.24, 2.45) is 57.7 Å². The van der Waals surface area contributed by atoms with Crippen molar-refractivity contribution in [3.63, 3.8) is 0 Å². The summed E-state index contributed by atoms with van der Waals surface area (Å²) in [5, 5.41) is 60.3. The predicted molar refractivity (Wildman–Crippen MR) is 284 cm³/mol. The van der Waals surface area contributed by atoms with Crippen LogP contribution in [0.15, 0.2) is 12.7 Å². The van der Waals surface area contributed by atoms with Crippen LogP contribution in [0.4, 0.5) is 5.82 Å². The first-order valence-corrected chi connectivity index (χ1v) is 32.3. The summed E-state index contributed by atoms with van der Waals surface area (Å²) in [6.45, 7) is 8.34. The second-order valence-electron chi connectivity index (χ2n) is 23.5. The van der Waals surface area contributed by atoms with E-state index in [1.54, 1.807) is 6.92 Å². The molecule has 1 aliphatic heterocycles. The SMILES string of the molecule is C[C@@H](C(=O)CC[C@@H](C)[C@H]1CC[C@H]2[C@@H]3[C@H](O)C[C@@H]4C[C@H](O)CC[C@]4(C)[C@H]3C[C@H](O)[C@]12C)C(=O)SCCNC(=O)CCNC(=O)[C@H](O)C(C)(C)COP(=O)(O)OP(=O)(O)OC[C@H]1O[C@@H](n2cnc3c(N)ncnc32)[C@H](O)[C@@H]1OP(=O)(O)O. The topological polar surface area (TPSA) is 441 Å². The zero-order valence-electron chi connectivity index (χ0n) is 45.5. The fourth-order valence-corrected chi connectivity index (χ4v) is 17.1. The third-order valence-electron chi connectivity index (χ3n) is 17.9. The number of phosphoric acid groups is 3. The Morgan fingerprint density at radius 3 is 2.33 bits per heavy atom. The first-order valence-electron chi connectivity index (χ1n) is 26.8. The number of rotatable bonds is 25. The Balaban J connectivity index is 0.780. The summed E-state index contributed by atoms with van der Waals surface area (Å²) < 4.78 is 62.7. The smallest absolute Gasteiger partial charge is 0.393 e. The summed E-state index contributed by atoms with van der Waals surface area (Å²) in [6, 6.07) is 0. The van der Waals surface area contributed by atoms with E-state index in [1.807, 2.05) is 0 Å². The largest absolute Gasteiger partial charge is 0.481 e. The normalized spacial score (nSPS) is 34.2. The number of hydrogen-bond acceptors (Lipinski definition) is 22. The molecule has 19 atom stereocenters. The number of phosphoric ester groups is 3. The molecule has 0 aromatic carbocycles. The van der Waals surface area contributed by atoms with Gasteiger partial charge in [-0.05, 0) is 105 Å². The van der Waals surface area contributed by atoms with E-state index in [4.69, 9.17) is 19.5 Å². The average Bonchev–Trinajstić information content (AvgIpc) is 3.66. The van der Waals surface area contributed by atoms with E-state index < -0.39 is 108 Å². The number of carbonyl (C=O) groups is 4. The summed E-state index contributed by atoms with van der Waals surface area (Å²) in [5.41, 5.74) is 3.77. The number of aliphatic hydroxyl groups is 5. The van der Waals surface area contributed by atoms with Crippen LogP contribution in [0.2, 0.25) is 0 Å². The number of nitrogens with zero attached hydrogens (tertiary/aromatic N) is 4. The van der Waals surface area contributed by atoms with Gasteiger partial charge in [-0.3, -0.25) is 37.3 Å². The lowest BCUT2D eigenvalue weighted by Crippen LogP contribution is -2.62. The predicted octanol–water partition coefficient (Wildman–Crippen LogP) is 2.25. The Bertz CT molecular complexity index is 2720. The number of aliphatic hydroxyl groups excluding tert-OH is 5. The van der Waals surface area contributed by atoms with Crippen molar-refractivity contribution in [3.8, 4) is 0 Å². The fraction of sp³-hybridized carbons (Fsp3) is 0.812. The monoisotopic (exact) mass is 1210 g/mol. The van der Waals surface area contributed by atoms with E-state index in [9.17, 15) is 78.0 Å². The molecule has 5 aliphatic rings. The number of ether oxygens (including phenoxy) is 1. The molecular weight excluding hydrogens is 1140 g/mol. The molecule has 32 heteroatoms. The van der Waals surface area contributed by atoms with E-state index in [1.165, 1.54) is 13.8 Å². The lowest BCUT2D eigenvalue weighted by atomic mass is 9.43. The van der Waals surface area contributed by atoms with Crippen LogP contribution in [-0.4, -0.2) is 162 Å². The van der Waals surface area contributed by atoms with Gasteiger partial charge in [0.1, 0.15) is 42.0 Å². The number of fused-ring (bicyclic) bond motifs is 6. The maximum atomic E-state index is 13.3. The maximum Gasteiger partial charge on any atom is 0.481 e. The molecule has 13 N–H and O–H groups in total. The van der Waals surface area contributed by atoms with Gasteiger partial charge in [0.25, 0.3) is 0 Å². The Morgan fingerprint density at radius 2 is 1.62 bits per heavy atom. The number of ketones is 1. The van der Waals surface area contributed by atoms with Crippen molar-refractivity contribution in [1.82, 2.24) is 30.2 Å². The van der Waals surface area contributed by atoms with Gasteiger partial charge >= 0.3 is 23.5 Å². The molecule has 0 radical (unpaired) electrons. The first kappa shape index (κ1) is 64.7. The Hall–Kier alpha value is -2.89. The number of anilines is 1. The minimum atomic E-state index is -5.62. The quantitative estimate of drug-likeness (QED) is 0.0385. The minimum absolute atomic E-state index is 0.0179. The number of Topliss-reactive ketones (excluding diaryl/α,β-unsaturated/α-hetero) is 1. The van der Waals surface area contributed by atoms with Crippen LogP contribution in [0.5, 0.6) is 0 Å². The fourth-order valence-electron chi connectivity index (χ4n) is 13.5. The minimum Gasteiger partial charge on any atom is -0.393 e. The zero-order chi connectivity index (χ0) is 59.1. The summed E-state index contributed by atoms with van der Waals surface area (Å²) in [6.07, 6.45) is -2.38. The number of hydrogen-bond donors (Lipinski definition) is 12. The molecule has 2 amide bonds. The molecule has 2 unspecified atom stereocenters. The van der Waals surface area contributed by atoms with E-state index in [2.05, 4.69) is 55.2 Å². The summed E-state index contributed by atoms with van der Waals surface area (Å²) in [4.78, 5) is 103. The summed E-state index contributed by atoms with van der Waals surface area (Å²) >= 11 is 0.908. The van der Waals surface area contributed by atoms with Crippen LogP contribution >= 0.6 is 35.2 Å². The average molecular weight is 1210 g/mol. The molecule has 1 saturated heterocycles. The van der Waals surface area contributed by atoms with Crippen LogP contribution in [-0.2, 0) is 55.5 Å². The van der Waals surface area contributed by atoms with Gasteiger partial charge in [-0.1, -0.05) is 46.4 Å². The van der Waals surface area contributed by atoms with Gasteiger partial charge in [0, 0.05) is 37.1 Å². The van der Waals surface area contributed by atoms with Crippen LogP contribution < -0.4 is 16.4 Å². The molecule has 4 saturated carbocycles. The van der Waals surface area contributed by atoms with E-state index in [0.717, 1.165) is 54.7 Å². The number of aromatic nitrogens is 4. The summed E-state index contributed by atoms with van der Waals surface area (Å²) in [7, 11) is -16.5. The highest BCUT2D eigenvalue weighted by atomic mass is 32.2. The number of nitrogen functional groups attached to an aromatic ring is 1. The number of carbonyl (C=O) groups excluding carboxylic acids is 4. The zero-order valence-corrected chi connectivity index (χ0v) is 49.0. The molecule has 7 rings (SSSR count). The lowest BCUT2D eigenvalue weighted by Gasteiger charge is -2.63. The highest BCUT2D eigenvalue weighted by Crippen LogP contribution is 2.69. The molecule has 3 heterocycles. The third-order valence-corrected chi connectivity index (χ3v) is 22.1. The standard InChI is InChI=1S/C48H78N7O21P3S/c1-24(28-8-9-29-36-30(19-34(59)48(28,29)6)47(5)13-11-27(56)17-26(47)18-32(36)58)7-10-31(57)25(2)45(64)80-16-15-50-35(60)12-14-51-43(63)40(62)46(3,4)21-73-79(70,71)76-78(68,69)72-20-33-39(75-77(65,66)67)38(61)44(74-33)55-23-54-37-41(49)52-22-53-42(37)55/h22-30,32-34,36,38-40,44,56,58-59,61-62H,7-21H2,1-6H3,(H,50,60)(H,51,63)(H,68,69)(H,70,71)(H2,49,52,53)(H2,65,66,67)/t24-,25+,26+,27-,28-,29+,30+,32-,33-,34+,36+,38-,39-,40+,44-,47+,48-/m1/s1. The van der Waals surface area contributed by atoms with E-state index in [-0.39, 0.29) is 107 Å². The van der Waals surface area contributed by atoms with Gasteiger partial charge in [-0.2, -0.15) is 4.31 Å². The highest BCUT2D eigenvalue weighted by molar-refractivity contribution is 8.13. The van der Waals surface area contributed by atoms with Gasteiger partial charge in [-0.25, -0.2) is 28.6 Å². The van der Waals surface area contributed by atoms with Gasteiger partial charge in [0.15, 0.2) is 22.8 Å². The number of thioether (sulfide) groups is 1. The first-order chi connectivity index (χ1) is 37.2. The van der Waals surface area contributed by atoms with Crippen molar-refractivity contribution in [2.75, 3.05) is 37.8 Å². The second kappa shape index (κ2) is 25.4. The molecule has 0 bridgehead atoms. The molecule has 0 spiro atoms. The molecule has 2 aromatic heterocycles. The molecule has 2 aromatic rings. The number of nitrogens with two attached hydrogens (primary N) is 1. The van der Waals surface area contributed by atoms with Crippen molar-refractivity contribution >= 4 is 74.9 Å². The molecular formula is C48H78N7O21P3S. The van der Waals surface area contributed by atoms with Crippen LogP contribution in [0.25, 0.3) is 11.2 Å². The molecule has 80 heavy (non-hydrogen) atoms. The number of nitrogens with one attached hydrogen (secondary N) is 2. The van der Waals surface area contributed by atoms with E-state index in [0.29, 0.717) is 25.7 Å². The third kappa shape index (κ3) is 14.4. The Labute approximate surface area is 466 Å². The Kier molecular flexibility index (Phi) is 20.5. The van der Waals surface area contributed by atoms with Gasteiger partial charge in [-0.15, -0.1) is 0 Å². The number of imidazole rings is 1. The second-order valence-corrected chi connectivity index (χ2v) is 28.8. The van der Waals surface area contributed by atoms with Crippen LogP contribution in [0.3, 0.4) is 0 Å². The van der Waals surface area contributed by atoms with Crippen molar-refractivity contribution in [3.05, 3.63) is 12.7 Å². The summed E-state index contributed by atoms with van der Waals surface area (Å²) in [5.74, 6) is -1.63. The van der Waals surface area contributed by atoms with E-state index >= 15 is 0 Å². The van der Waals surface area contributed by atoms with Gasteiger partial charge < -0.3 is 66.2 Å². The Morgan fingerprint density at radius 1 is 0.925 bits per heavy atom. The molecule has 5 fully saturated rings. The molecule has 28 nitrogen and oxygen atoms in total. The van der Waals surface area contributed by atoms with Gasteiger partial charge in [0.2, 0.25) is 11.8 Å². The molecule has 452 valence electrons. The van der Waals surface area contributed by atoms with Crippen LogP contribution in [0.1, 0.15) is 112 Å². The van der Waals surface area contributed by atoms with Gasteiger partial charge in [0.05, 0.1) is 43.8 Å². The van der Waals surface area contributed by atoms with Crippen LogP contribution in [0, 0.1) is 57.7 Å². The lowest BCUT2D eigenvalue weighted by molar-refractivity contribution is -0.207. The number of amides is 2. The molecule has 4 aliphatic carbocycles.